The summed E-state index contributed by atoms with van der Waals surface area (Å²) in [5.41, 5.74) is 0. The van der Waals surface area contributed by atoms with Crippen molar-refractivity contribution in [1.29, 1.82) is 0 Å². The number of aliphatic hydroxyl groups excluding tert-OH is 4. The van der Waals surface area contributed by atoms with Gasteiger partial charge in [0.2, 0.25) is 5.91 Å². The van der Waals surface area contributed by atoms with E-state index in [-0.39, 0.29) is 0 Å². The van der Waals surface area contributed by atoms with Crippen LogP contribution in [0.1, 0.15) is 13.3 Å². The van der Waals surface area contributed by atoms with Gasteiger partial charge >= 0.3 is 5.97 Å². The smallest absolute Gasteiger partial charge is 0.364 e. The van der Waals surface area contributed by atoms with Crippen molar-refractivity contribution in [2.24, 2.45) is 0 Å². The Morgan fingerprint density at radius 3 is 2.43 bits per heavy atom. The molecule has 1 aliphatic heterocycles. The summed E-state index contributed by atoms with van der Waals surface area (Å²) in [6.45, 7) is 0.256. The minimum Gasteiger partial charge on any atom is -0.477 e. The number of rotatable bonds is 5. The van der Waals surface area contributed by atoms with Crippen LogP contribution in [-0.2, 0) is 14.3 Å². The number of carboxylic acids is 1. The standard InChI is InChI=1S/C11H19NO9/c1-4(14)12-7-5(15)2-11(20,10(18)19)21-9(7)8(17)6(16)3-13/h5-9,13,15-17,20H,2-3H2,1H3,(H,12,14)(H,18,19)/t5?,6?,7?,8-,9?,11?/m1/s1. The predicted octanol–water partition coefficient (Wildman–Crippen LogP) is -3.87. The second-order valence-electron chi connectivity index (χ2n) is 4.91. The molecule has 122 valence electrons. The van der Waals surface area contributed by atoms with Crippen molar-refractivity contribution >= 4 is 11.9 Å². The topological polar surface area (TPSA) is 177 Å². The van der Waals surface area contributed by atoms with Crippen molar-refractivity contribution in [1.82, 2.24) is 5.32 Å². The van der Waals surface area contributed by atoms with Gasteiger partial charge in [0.25, 0.3) is 5.79 Å². The molecule has 1 amide bonds. The number of ether oxygens (including phenoxy) is 1. The number of amides is 1. The van der Waals surface area contributed by atoms with Crippen molar-refractivity contribution in [2.45, 2.75) is 49.6 Å². The maximum absolute atomic E-state index is 11.1. The zero-order valence-electron chi connectivity index (χ0n) is 11.2. The summed E-state index contributed by atoms with van der Waals surface area (Å²) in [7, 11) is 0. The highest BCUT2D eigenvalue weighted by Crippen LogP contribution is 2.30. The second kappa shape index (κ2) is 6.64. The molecule has 1 heterocycles. The lowest BCUT2D eigenvalue weighted by Crippen LogP contribution is -2.67. The number of hydrogen-bond acceptors (Lipinski definition) is 8. The third-order valence-corrected chi connectivity index (χ3v) is 3.21. The van der Waals surface area contributed by atoms with Crippen LogP contribution in [0.3, 0.4) is 0 Å². The molecule has 21 heavy (non-hydrogen) atoms. The van der Waals surface area contributed by atoms with Gasteiger partial charge in [0, 0.05) is 13.3 Å². The molecule has 0 aromatic rings. The van der Waals surface area contributed by atoms with Crippen molar-refractivity contribution < 1.29 is 45.0 Å². The molecule has 10 nitrogen and oxygen atoms in total. The van der Waals surface area contributed by atoms with Crippen LogP contribution in [0.25, 0.3) is 0 Å². The van der Waals surface area contributed by atoms with E-state index in [4.69, 9.17) is 14.9 Å². The molecule has 0 aliphatic carbocycles. The Morgan fingerprint density at radius 1 is 1.43 bits per heavy atom. The predicted molar refractivity (Wildman–Crippen MR) is 64.8 cm³/mol. The molecule has 0 spiro atoms. The lowest BCUT2D eigenvalue weighted by Gasteiger charge is -2.44. The SMILES string of the molecule is CC(=O)NC1C(O)CC(O)(C(=O)O)OC1[C@H](O)C(O)CO. The number of carbonyl (C=O) groups excluding carboxylic acids is 1. The largest absolute Gasteiger partial charge is 0.477 e. The fraction of sp³-hybridized carbons (Fsp3) is 0.818. The number of nitrogens with one attached hydrogen (secondary N) is 1. The Kier molecular flexibility index (Phi) is 5.61. The molecule has 7 N–H and O–H groups in total. The highest BCUT2D eigenvalue weighted by atomic mass is 16.7. The summed E-state index contributed by atoms with van der Waals surface area (Å²) < 4.78 is 4.86. The van der Waals surface area contributed by atoms with E-state index in [1.165, 1.54) is 0 Å². The molecule has 0 bridgehead atoms. The number of aliphatic hydroxyl groups is 5. The number of aliphatic carboxylic acids is 1. The van der Waals surface area contributed by atoms with Gasteiger partial charge in [-0.05, 0) is 0 Å². The van der Waals surface area contributed by atoms with Crippen LogP contribution in [0, 0.1) is 0 Å². The van der Waals surface area contributed by atoms with Gasteiger partial charge in [-0.15, -0.1) is 0 Å². The fourth-order valence-electron chi connectivity index (χ4n) is 2.14. The second-order valence-corrected chi connectivity index (χ2v) is 4.91. The van der Waals surface area contributed by atoms with Crippen molar-refractivity contribution in [3.8, 4) is 0 Å². The Hall–Kier alpha value is -1.30. The van der Waals surface area contributed by atoms with Crippen molar-refractivity contribution in [3.63, 3.8) is 0 Å². The number of hydrogen-bond donors (Lipinski definition) is 7. The van der Waals surface area contributed by atoms with Gasteiger partial charge in [-0.1, -0.05) is 0 Å². The molecule has 6 atom stereocenters. The van der Waals surface area contributed by atoms with E-state index in [0.717, 1.165) is 6.92 Å². The van der Waals surface area contributed by atoms with E-state index in [1.54, 1.807) is 0 Å². The molecular formula is C11H19NO9. The maximum Gasteiger partial charge on any atom is 0.364 e. The lowest BCUT2D eigenvalue weighted by atomic mass is 9.88. The van der Waals surface area contributed by atoms with Gasteiger partial charge < -0.3 is 40.7 Å². The highest BCUT2D eigenvalue weighted by molar-refractivity contribution is 5.76. The summed E-state index contributed by atoms with van der Waals surface area (Å²) in [5.74, 6) is -5.17. The molecule has 5 unspecified atom stereocenters. The molecule has 1 fully saturated rings. The van der Waals surface area contributed by atoms with Gasteiger partial charge in [-0.2, -0.15) is 0 Å². The van der Waals surface area contributed by atoms with Crippen LogP contribution in [0.4, 0.5) is 0 Å². The molecule has 1 rings (SSSR count). The van der Waals surface area contributed by atoms with Gasteiger partial charge in [-0.25, -0.2) is 4.79 Å². The van der Waals surface area contributed by atoms with Gasteiger partial charge in [0.15, 0.2) is 0 Å². The van der Waals surface area contributed by atoms with Crippen LogP contribution < -0.4 is 5.32 Å². The third kappa shape index (κ3) is 3.87. The average molecular weight is 309 g/mol. The third-order valence-electron chi connectivity index (χ3n) is 3.21. The van der Waals surface area contributed by atoms with E-state index in [0.29, 0.717) is 0 Å². The minimum atomic E-state index is -2.78. The first-order chi connectivity index (χ1) is 9.62. The molecule has 10 heteroatoms. The monoisotopic (exact) mass is 309 g/mol. The summed E-state index contributed by atoms with van der Waals surface area (Å²) >= 11 is 0. The van der Waals surface area contributed by atoms with E-state index in [9.17, 15) is 30.0 Å². The van der Waals surface area contributed by atoms with Crippen LogP contribution >= 0.6 is 0 Å². The van der Waals surface area contributed by atoms with Crippen LogP contribution in [-0.4, -0.2) is 85.4 Å². The van der Waals surface area contributed by atoms with Gasteiger partial charge in [0.05, 0.1) is 18.8 Å². The van der Waals surface area contributed by atoms with Crippen molar-refractivity contribution in [2.75, 3.05) is 6.61 Å². The van der Waals surface area contributed by atoms with Crippen LogP contribution in [0.15, 0.2) is 0 Å². The molecule has 0 aromatic carbocycles. The number of carboxylic acid groups (broad SMARTS) is 1. The van der Waals surface area contributed by atoms with Gasteiger partial charge in [-0.3, -0.25) is 4.79 Å². The summed E-state index contributed by atoms with van der Waals surface area (Å²) in [6, 6.07) is -1.27. The fourth-order valence-corrected chi connectivity index (χ4v) is 2.14. The normalized spacial score (nSPS) is 35.8. The first kappa shape index (κ1) is 17.8. The first-order valence-corrected chi connectivity index (χ1v) is 6.18. The Bertz CT molecular complexity index is 403. The Morgan fingerprint density at radius 2 is 2.00 bits per heavy atom. The Balaban J connectivity index is 3.07. The molecule has 0 aromatic heterocycles. The zero-order chi connectivity index (χ0) is 16.4. The number of carbonyl (C=O) groups is 2. The van der Waals surface area contributed by atoms with Crippen LogP contribution in [0.2, 0.25) is 0 Å². The van der Waals surface area contributed by atoms with Crippen LogP contribution in [0.5, 0.6) is 0 Å². The molecule has 1 aliphatic rings. The Labute approximate surface area is 119 Å². The highest BCUT2D eigenvalue weighted by Gasteiger charge is 2.53. The molecule has 0 saturated carbocycles. The quantitative estimate of drug-likeness (QED) is 0.268. The zero-order valence-corrected chi connectivity index (χ0v) is 11.2. The molecule has 1 saturated heterocycles. The van der Waals surface area contributed by atoms with Gasteiger partial charge in [0.1, 0.15) is 18.3 Å². The average Bonchev–Trinajstić information content (AvgIpc) is 2.39. The molecule has 0 radical (unpaired) electrons. The summed E-state index contributed by atoms with van der Waals surface area (Å²) in [4.78, 5) is 22.1. The molecular weight excluding hydrogens is 290 g/mol. The van der Waals surface area contributed by atoms with Crippen molar-refractivity contribution in [3.05, 3.63) is 0 Å². The lowest BCUT2D eigenvalue weighted by molar-refractivity contribution is -0.295. The summed E-state index contributed by atoms with van der Waals surface area (Å²) in [5, 5.41) is 59.0. The van der Waals surface area contributed by atoms with E-state index in [2.05, 4.69) is 5.32 Å². The summed E-state index contributed by atoms with van der Waals surface area (Å²) in [6.07, 6.45) is -7.48. The first-order valence-electron chi connectivity index (χ1n) is 6.18. The maximum atomic E-state index is 11.1. The van der Waals surface area contributed by atoms with E-state index >= 15 is 0 Å². The van der Waals surface area contributed by atoms with E-state index < -0.39 is 61.1 Å². The van der Waals surface area contributed by atoms with E-state index in [1.807, 2.05) is 0 Å². The minimum absolute atomic E-state index is 0.598.